The molecule has 1 aliphatic heterocycles. The molecule has 3 nitrogen and oxygen atoms in total. The molecule has 0 aromatic carbocycles. The van der Waals surface area contributed by atoms with Gasteiger partial charge in [-0.2, -0.15) is 13.2 Å². The fourth-order valence-corrected chi connectivity index (χ4v) is 1.24. The Morgan fingerprint density at radius 1 is 1.53 bits per heavy atom. The molecule has 2 N–H and O–H groups in total. The van der Waals surface area contributed by atoms with Crippen LogP contribution in [0.2, 0.25) is 0 Å². The van der Waals surface area contributed by atoms with Gasteiger partial charge in [0.15, 0.2) is 0 Å². The summed E-state index contributed by atoms with van der Waals surface area (Å²) in [6, 6.07) is -0.360. The highest BCUT2D eigenvalue weighted by Gasteiger charge is 2.27. The van der Waals surface area contributed by atoms with E-state index < -0.39 is 12.8 Å². The second-order valence-corrected chi connectivity index (χ2v) is 3.31. The molecule has 88 valence electrons. The third-order valence-electron chi connectivity index (χ3n) is 1.94. The topological polar surface area (TPSA) is 44.5 Å². The zero-order chi connectivity index (χ0) is 11.3. The van der Waals surface area contributed by atoms with Crippen molar-refractivity contribution in [3.05, 3.63) is 11.8 Å². The van der Waals surface area contributed by atoms with Crippen LogP contribution in [0.3, 0.4) is 0 Å². The highest BCUT2D eigenvalue weighted by atomic mass is 19.4. The van der Waals surface area contributed by atoms with Crippen LogP contribution in [0.15, 0.2) is 11.8 Å². The van der Waals surface area contributed by atoms with Crippen LogP contribution in [0.5, 0.6) is 0 Å². The first-order chi connectivity index (χ1) is 6.99. The standard InChI is InChI=1S/C9H14F3NO2/c10-9(11,12)6-14-5-3-7(13)8-2-1-4-15-8/h2,7H,1,3-6,13H2. The first kappa shape index (κ1) is 12.3. The smallest absolute Gasteiger partial charge is 0.411 e. The summed E-state index contributed by atoms with van der Waals surface area (Å²) in [5.41, 5.74) is 5.67. The second-order valence-electron chi connectivity index (χ2n) is 3.31. The van der Waals surface area contributed by atoms with E-state index in [2.05, 4.69) is 4.74 Å². The summed E-state index contributed by atoms with van der Waals surface area (Å²) in [6.45, 7) is -0.632. The lowest BCUT2D eigenvalue weighted by molar-refractivity contribution is -0.174. The van der Waals surface area contributed by atoms with E-state index in [1.165, 1.54) is 0 Å². The van der Waals surface area contributed by atoms with Crippen LogP contribution in [-0.2, 0) is 9.47 Å². The lowest BCUT2D eigenvalue weighted by atomic mass is 10.2. The van der Waals surface area contributed by atoms with E-state index >= 15 is 0 Å². The molecule has 0 aromatic heterocycles. The number of hydrogen-bond donors (Lipinski definition) is 1. The van der Waals surface area contributed by atoms with E-state index in [-0.39, 0.29) is 12.6 Å². The summed E-state index contributed by atoms with van der Waals surface area (Å²) in [5, 5.41) is 0. The van der Waals surface area contributed by atoms with E-state index in [0.29, 0.717) is 18.8 Å². The van der Waals surface area contributed by atoms with Gasteiger partial charge in [-0.1, -0.05) is 0 Å². The Labute approximate surface area is 86.0 Å². The molecule has 1 heterocycles. The van der Waals surface area contributed by atoms with Crippen molar-refractivity contribution in [2.24, 2.45) is 5.73 Å². The van der Waals surface area contributed by atoms with Crippen molar-refractivity contribution in [1.82, 2.24) is 0 Å². The molecule has 0 amide bonds. The van der Waals surface area contributed by atoms with Gasteiger partial charge in [-0.05, 0) is 12.5 Å². The quantitative estimate of drug-likeness (QED) is 0.722. The van der Waals surface area contributed by atoms with Gasteiger partial charge in [-0.15, -0.1) is 0 Å². The Bertz CT molecular complexity index is 228. The van der Waals surface area contributed by atoms with E-state index in [1.54, 1.807) is 0 Å². The summed E-state index contributed by atoms with van der Waals surface area (Å²) >= 11 is 0. The molecule has 0 aliphatic carbocycles. The van der Waals surface area contributed by atoms with Crippen LogP contribution in [0.1, 0.15) is 12.8 Å². The first-order valence-corrected chi connectivity index (χ1v) is 4.72. The maximum Gasteiger partial charge on any atom is 0.411 e. The lowest BCUT2D eigenvalue weighted by Gasteiger charge is -2.13. The molecule has 0 spiro atoms. The van der Waals surface area contributed by atoms with Gasteiger partial charge < -0.3 is 15.2 Å². The van der Waals surface area contributed by atoms with Crippen LogP contribution < -0.4 is 5.73 Å². The summed E-state index contributed by atoms with van der Waals surface area (Å²) in [7, 11) is 0. The molecule has 0 saturated heterocycles. The summed E-state index contributed by atoms with van der Waals surface area (Å²) in [5.74, 6) is 0.658. The maximum atomic E-state index is 11.7. The molecule has 0 saturated carbocycles. The van der Waals surface area contributed by atoms with Gasteiger partial charge in [0.05, 0.1) is 12.6 Å². The second kappa shape index (κ2) is 5.37. The van der Waals surface area contributed by atoms with Gasteiger partial charge in [-0.3, -0.25) is 0 Å². The van der Waals surface area contributed by atoms with Crippen molar-refractivity contribution in [3.8, 4) is 0 Å². The third kappa shape index (κ3) is 5.03. The highest BCUT2D eigenvalue weighted by Crippen LogP contribution is 2.16. The van der Waals surface area contributed by atoms with E-state index in [0.717, 1.165) is 6.42 Å². The SMILES string of the molecule is NC(CCOCC(F)(F)F)C1=CCCO1. The van der Waals surface area contributed by atoms with Gasteiger partial charge in [0.25, 0.3) is 0 Å². The van der Waals surface area contributed by atoms with Crippen LogP contribution in [0, 0.1) is 0 Å². The number of nitrogens with two attached hydrogens (primary N) is 1. The van der Waals surface area contributed by atoms with Gasteiger partial charge >= 0.3 is 6.18 Å². The van der Waals surface area contributed by atoms with E-state index in [1.807, 2.05) is 6.08 Å². The van der Waals surface area contributed by atoms with Crippen molar-refractivity contribution in [2.45, 2.75) is 25.1 Å². The Morgan fingerprint density at radius 3 is 2.80 bits per heavy atom. The highest BCUT2D eigenvalue weighted by molar-refractivity contribution is 5.05. The predicted octanol–water partition coefficient (Wildman–Crippen LogP) is 1.59. The van der Waals surface area contributed by atoms with E-state index in [9.17, 15) is 13.2 Å². The molecule has 0 aromatic rings. The fourth-order valence-electron chi connectivity index (χ4n) is 1.24. The molecular formula is C9H14F3NO2. The van der Waals surface area contributed by atoms with Gasteiger partial charge in [-0.25, -0.2) is 0 Å². The third-order valence-corrected chi connectivity index (χ3v) is 1.94. The maximum absolute atomic E-state index is 11.7. The normalized spacial score (nSPS) is 18.5. The zero-order valence-corrected chi connectivity index (χ0v) is 8.22. The summed E-state index contributed by atoms with van der Waals surface area (Å²) in [4.78, 5) is 0. The average Bonchev–Trinajstić information content (AvgIpc) is 2.63. The summed E-state index contributed by atoms with van der Waals surface area (Å²) in [6.07, 6.45) is -1.27. The van der Waals surface area contributed by atoms with Crippen molar-refractivity contribution in [3.63, 3.8) is 0 Å². The Hall–Kier alpha value is -0.750. The molecule has 6 heteroatoms. The minimum atomic E-state index is -4.27. The monoisotopic (exact) mass is 225 g/mol. The predicted molar refractivity (Wildman–Crippen MR) is 48.1 cm³/mol. The fraction of sp³-hybridized carbons (Fsp3) is 0.778. The van der Waals surface area contributed by atoms with Crippen LogP contribution >= 0.6 is 0 Å². The first-order valence-electron chi connectivity index (χ1n) is 4.72. The van der Waals surface area contributed by atoms with Gasteiger partial charge in [0.2, 0.25) is 0 Å². The molecule has 1 atom stereocenters. The molecular weight excluding hydrogens is 211 g/mol. The number of alkyl halides is 3. The lowest BCUT2D eigenvalue weighted by Crippen LogP contribution is -2.26. The van der Waals surface area contributed by atoms with Gasteiger partial charge in [0, 0.05) is 13.0 Å². The molecule has 15 heavy (non-hydrogen) atoms. The molecule has 1 aliphatic rings. The largest absolute Gasteiger partial charge is 0.496 e. The number of halogens is 3. The average molecular weight is 225 g/mol. The molecule has 0 bridgehead atoms. The number of hydrogen-bond acceptors (Lipinski definition) is 3. The Kier molecular flexibility index (Phi) is 4.41. The zero-order valence-electron chi connectivity index (χ0n) is 8.22. The van der Waals surface area contributed by atoms with E-state index in [4.69, 9.17) is 10.5 Å². The molecule has 0 radical (unpaired) electrons. The molecule has 0 fully saturated rings. The van der Waals surface area contributed by atoms with Crippen LogP contribution in [0.25, 0.3) is 0 Å². The van der Waals surface area contributed by atoms with Crippen LogP contribution in [-0.4, -0.2) is 32.0 Å². The van der Waals surface area contributed by atoms with Crippen molar-refractivity contribution < 1.29 is 22.6 Å². The van der Waals surface area contributed by atoms with Gasteiger partial charge in [0.1, 0.15) is 12.4 Å². The number of ether oxygens (including phenoxy) is 2. The van der Waals surface area contributed by atoms with Crippen LogP contribution in [0.4, 0.5) is 13.2 Å². The minimum absolute atomic E-state index is 0.0125. The molecule has 1 unspecified atom stereocenters. The molecule has 1 rings (SSSR count). The Morgan fingerprint density at radius 2 is 2.27 bits per heavy atom. The minimum Gasteiger partial charge on any atom is -0.496 e. The Balaban J connectivity index is 2.09. The van der Waals surface area contributed by atoms with Crippen molar-refractivity contribution in [1.29, 1.82) is 0 Å². The number of rotatable bonds is 5. The summed E-state index contributed by atoms with van der Waals surface area (Å²) < 4.78 is 44.7. The van der Waals surface area contributed by atoms with Crippen molar-refractivity contribution in [2.75, 3.05) is 19.8 Å². The van der Waals surface area contributed by atoms with Crippen molar-refractivity contribution >= 4 is 0 Å².